The second kappa shape index (κ2) is 7.46. The molecule has 2 aromatic carbocycles. The van der Waals surface area contributed by atoms with Gasteiger partial charge in [-0.1, -0.05) is 17.3 Å². The lowest BCUT2D eigenvalue weighted by Gasteiger charge is -2.11. The van der Waals surface area contributed by atoms with Crippen LogP contribution in [0.2, 0.25) is 0 Å². The number of fused-ring (bicyclic) bond motifs is 1. The van der Waals surface area contributed by atoms with Gasteiger partial charge in [-0.15, -0.1) is 6.42 Å². The first-order valence-corrected chi connectivity index (χ1v) is 8.82. The Balaban J connectivity index is 2.06. The molecule has 26 heavy (non-hydrogen) atoms. The molecule has 0 aliphatic heterocycles. The zero-order valence-electron chi connectivity index (χ0n) is 14.9. The Bertz CT molecular complexity index is 1050. The van der Waals surface area contributed by atoms with E-state index in [1.807, 2.05) is 53.9 Å². The van der Waals surface area contributed by atoms with Crippen molar-refractivity contribution in [3.8, 4) is 18.1 Å². The van der Waals surface area contributed by atoms with Gasteiger partial charge in [-0.25, -0.2) is 0 Å². The lowest BCUT2D eigenvalue weighted by atomic mass is 10.2. The lowest BCUT2D eigenvalue weighted by Crippen LogP contribution is -2.16. The van der Waals surface area contributed by atoms with Crippen LogP contribution in [-0.4, -0.2) is 31.7 Å². The van der Waals surface area contributed by atoms with Crippen LogP contribution < -0.4 is 14.4 Å². The summed E-state index contributed by atoms with van der Waals surface area (Å²) in [4.78, 5) is 19.5. The molecule has 0 saturated heterocycles. The molecule has 3 aromatic rings. The number of benzene rings is 2. The summed E-state index contributed by atoms with van der Waals surface area (Å²) in [6.07, 6.45) is 5.50. The molecule has 0 N–H and O–H groups in total. The Labute approximate surface area is 156 Å². The average molecular weight is 365 g/mol. The Morgan fingerprint density at radius 3 is 2.62 bits per heavy atom. The molecule has 1 aromatic heterocycles. The predicted octanol–water partition coefficient (Wildman–Crippen LogP) is 3.15. The van der Waals surface area contributed by atoms with Gasteiger partial charge in [0.2, 0.25) is 0 Å². The van der Waals surface area contributed by atoms with Gasteiger partial charge in [-0.05, 0) is 42.5 Å². The van der Waals surface area contributed by atoms with Gasteiger partial charge in [0.1, 0.15) is 5.75 Å². The summed E-state index contributed by atoms with van der Waals surface area (Å²) in [5.41, 5.74) is 2.50. The third kappa shape index (κ3) is 3.48. The number of thiazole rings is 1. The summed E-state index contributed by atoms with van der Waals surface area (Å²) in [5.74, 6) is 3.09. The first kappa shape index (κ1) is 17.8. The fraction of sp³-hybridized carbons (Fsp3) is 0.200. The number of hydrogen-bond donors (Lipinski definition) is 0. The maximum absolute atomic E-state index is 12.6. The highest BCUT2D eigenvalue weighted by atomic mass is 32.1. The molecule has 6 heteroatoms. The summed E-state index contributed by atoms with van der Waals surface area (Å²) >= 11 is 1.42. The van der Waals surface area contributed by atoms with E-state index in [9.17, 15) is 4.79 Å². The van der Waals surface area contributed by atoms with Crippen LogP contribution in [0.5, 0.6) is 5.75 Å². The smallest absolute Gasteiger partial charge is 0.279 e. The van der Waals surface area contributed by atoms with Crippen molar-refractivity contribution in [1.82, 2.24) is 4.57 Å². The van der Waals surface area contributed by atoms with Gasteiger partial charge in [0.25, 0.3) is 5.91 Å². The molecule has 0 atom stereocenters. The summed E-state index contributed by atoms with van der Waals surface area (Å²) in [5, 5.41) is 0. The second-order valence-corrected chi connectivity index (χ2v) is 6.88. The molecule has 0 bridgehead atoms. The molecule has 0 saturated carbocycles. The largest absolute Gasteiger partial charge is 0.497 e. The number of carbonyl (C=O) groups excluding carboxylic acids is 1. The number of terminal acetylenes is 1. The van der Waals surface area contributed by atoms with Crippen molar-refractivity contribution < 1.29 is 9.53 Å². The van der Waals surface area contributed by atoms with Gasteiger partial charge in [-0.2, -0.15) is 4.99 Å². The van der Waals surface area contributed by atoms with Crippen molar-refractivity contribution in [3.05, 3.63) is 52.8 Å². The van der Waals surface area contributed by atoms with Gasteiger partial charge >= 0.3 is 0 Å². The molecular formula is C20H19N3O2S. The van der Waals surface area contributed by atoms with Crippen LogP contribution in [0.4, 0.5) is 5.69 Å². The van der Waals surface area contributed by atoms with E-state index in [1.165, 1.54) is 11.3 Å². The molecule has 0 spiro atoms. The van der Waals surface area contributed by atoms with Gasteiger partial charge in [0, 0.05) is 25.3 Å². The molecule has 3 rings (SSSR count). The van der Waals surface area contributed by atoms with Gasteiger partial charge in [0.15, 0.2) is 4.80 Å². The maximum atomic E-state index is 12.6. The van der Waals surface area contributed by atoms with E-state index >= 15 is 0 Å². The third-order valence-corrected chi connectivity index (χ3v) is 5.01. The van der Waals surface area contributed by atoms with E-state index in [4.69, 9.17) is 11.2 Å². The fourth-order valence-corrected chi connectivity index (χ4v) is 3.62. The number of carbonyl (C=O) groups is 1. The number of rotatable bonds is 4. The van der Waals surface area contributed by atoms with E-state index in [0.717, 1.165) is 21.7 Å². The SMILES string of the molecule is C#CCn1c(=NC(=O)c2ccc(N(C)C)cc2)sc2cc(OC)ccc21. The Morgan fingerprint density at radius 1 is 1.27 bits per heavy atom. The maximum Gasteiger partial charge on any atom is 0.279 e. The van der Waals surface area contributed by atoms with E-state index < -0.39 is 0 Å². The summed E-state index contributed by atoms with van der Waals surface area (Å²) in [6.45, 7) is 0.345. The number of hydrogen-bond acceptors (Lipinski definition) is 4. The molecule has 0 aliphatic carbocycles. The Hall–Kier alpha value is -3.04. The lowest BCUT2D eigenvalue weighted by molar-refractivity contribution is 0.0998. The molecule has 0 fully saturated rings. The van der Waals surface area contributed by atoms with E-state index in [-0.39, 0.29) is 5.91 Å². The highest BCUT2D eigenvalue weighted by Gasteiger charge is 2.10. The van der Waals surface area contributed by atoms with Crippen molar-refractivity contribution in [2.75, 3.05) is 26.1 Å². The summed E-state index contributed by atoms with van der Waals surface area (Å²) in [6, 6.07) is 13.1. The fourth-order valence-electron chi connectivity index (χ4n) is 2.56. The number of ether oxygens (including phenoxy) is 1. The van der Waals surface area contributed by atoms with Crippen molar-refractivity contribution in [3.63, 3.8) is 0 Å². The summed E-state index contributed by atoms with van der Waals surface area (Å²) < 4.78 is 8.10. The number of methoxy groups -OCH3 is 1. The highest BCUT2D eigenvalue weighted by Crippen LogP contribution is 2.23. The van der Waals surface area contributed by atoms with Crippen molar-refractivity contribution in [2.24, 2.45) is 4.99 Å². The molecule has 5 nitrogen and oxygen atoms in total. The second-order valence-electron chi connectivity index (χ2n) is 5.87. The third-order valence-electron chi connectivity index (χ3n) is 3.97. The normalized spacial score (nSPS) is 11.4. The first-order chi connectivity index (χ1) is 12.5. The van der Waals surface area contributed by atoms with Crippen LogP contribution in [0, 0.1) is 12.3 Å². The number of aromatic nitrogens is 1. The van der Waals surface area contributed by atoms with Crippen LogP contribution in [0.3, 0.4) is 0 Å². The molecular weight excluding hydrogens is 346 g/mol. The quantitative estimate of drug-likeness (QED) is 0.667. The van der Waals surface area contributed by atoms with Crippen LogP contribution in [-0.2, 0) is 6.54 Å². The van der Waals surface area contributed by atoms with Gasteiger partial charge in [0.05, 0.1) is 23.9 Å². The Morgan fingerprint density at radius 2 is 2.00 bits per heavy atom. The van der Waals surface area contributed by atoms with E-state index in [0.29, 0.717) is 16.9 Å². The minimum Gasteiger partial charge on any atom is -0.497 e. The zero-order valence-corrected chi connectivity index (χ0v) is 15.7. The number of anilines is 1. The minimum atomic E-state index is -0.292. The molecule has 1 heterocycles. The van der Waals surface area contributed by atoms with Gasteiger partial charge < -0.3 is 14.2 Å². The molecule has 0 aliphatic rings. The first-order valence-electron chi connectivity index (χ1n) is 8.01. The van der Waals surface area contributed by atoms with Gasteiger partial charge in [-0.3, -0.25) is 4.79 Å². The van der Waals surface area contributed by atoms with Crippen LogP contribution in [0.1, 0.15) is 10.4 Å². The average Bonchev–Trinajstić information content (AvgIpc) is 2.98. The molecule has 0 radical (unpaired) electrons. The van der Waals surface area contributed by atoms with Crippen LogP contribution >= 0.6 is 11.3 Å². The van der Waals surface area contributed by atoms with Crippen LogP contribution in [0.25, 0.3) is 10.2 Å². The predicted molar refractivity (Wildman–Crippen MR) is 106 cm³/mol. The van der Waals surface area contributed by atoms with Crippen molar-refractivity contribution >= 4 is 33.1 Å². The van der Waals surface area contributed by atoms with E-state index in [1.54, 1.807) is 19.2 Å². The minimum absolute atomic E-state index is 0.292. The topological polar surface area (TPSA) is 46.8 Å². The van der Waals surface area contributed by atoms with E-state index in [2.05, 4.69) is 10.9 Å². The monoisotopic (exact) mass is 365 g/mol. The van der Waals surface area contributed by atoms with Crippen molar-refractivity contribution in [2.45, 2.75) is 6.54 Å². The van der Waals surface area contributed by atoms with Crippen LogP contribution in [0.15, 0.2) is 47.5 Å². The molecule has 1 amide bonds. The van der Waals surface area contributed by atoms with Crippen molar-refractivity contribution in [1.29, 1.82) is 0 Å². The Kier molecular flexibility index (Phi) is 5.10. The zero-order chi connectivity index (χ0) is 18.7. The summed E-state index contributed by atoms with van der Waals surface area (Å²) in [7, 11) is 5.53. The standard InChI is InChI=1S/C20H19N3O2S/c1-5-12-23-17-11-10-16(25-4)13-18(17)26-20(23)21-19(24)14-6-8-15(9-7-14)22(2)3/h1,6-11,13H,12H2,2-4H3. The number of nitrogens with zero attached hydrogens (tertiary/aromatic N) is 3. The molecule has 132 valence electrons. The number of amides is 1. The highest BCUT2D eigenvalue weighted by molar-refractivity contribution is 7.16. The molecule has 0 unspecified atom stereocenters.